The minimum atomic E-state index is -0.248. The number of nitrogens with one attached hydrogen (secondary N) is 1. The summed E-state index contributed by atoms with van der Waals surface area (Å²) in [5, 5.41) is 13.4. The van der Waals surface area contributed by atoms with Crippen molar-refractivity contribution in [3.8, 4) is 0 Å². The molecule has 29 heavy (non-hydrogen) atoms. The number of likely N-dealkylation sites (tertiary alicyclic amines) is 1. The van der Waals surface area contributed by atoms with Crippen LogP contribution in [0.2, 0.25) is 0 Å². The number of benzene rings is 1. The summed E-state index contributed by atoms with van der Waals surface area (Å²) in [5.74, 6) is 2.29. The van der Waals surface area contributed by atoms with E-state index in [1.165, 1.54) is 31.5 Å². The summed E-state index contributed by atoms with van der Waals surface area (Å²) < 4.78 is 0. The summed E-state index contributed by atoms with van der Waals surface area (Å²) in [6.45, 7) is 6.04. The monoisotopic (exact) mass is 395 g/mol. The minimum Gasteiger partial charge on any atom is -0.391 e. The lowest BCUT2D eigenvalue weighted by molar-refractivity contribution is 0.154. The number of hydrogen-bond donors (Lipinski definition) is 2. The van der Waals surface area contributed by atoms with E-state index in [4.69, 9.17) is 0 Å². The van der Waals surface area contributed by atoms with E-state index in [1.807, 2.05) is 12.3 Å². The van der Waals surface area contributed by atoms with Crippen molar-refractivity contribution in [1.82, 2.24) is 14.9 Å². The molecule has 2 fully saturated rings. The lowest BCUT2D eigenvalue weighted by atomic mass is 9.96. The van der Waals surface area contributed by atoms with E-state index in [0.717, 1.165) is 44.7 Å². The van der Waals surface area contributed by atoms with Crippen molar-refractivity contribution < 1.29 is 5.11 Å². The maximum Gasteiger partial charge on any atom is 0.224 e. The highest BCUT2D eigenvalue weighted by Crippen LogP contribution is 2.20. The molecule has 0 amide bonds. The van der Waals surface area contributed by atoms with Gasteiger partial charge in [0.2, 0.25) is 5.95 Å². The molecule has 4 rings (SSSR count). The predicted molar refractivity (Wildman–Crippen MR) is 117 cm³/mol. The number of aliphatic hydroxyl groups is 1. The number of nitrogens with zero attached hydrogens (tertiary/aromatic N) is 4. The molecule has 2 aliphatic rings. The molecule has 1 unspecified atom stereocenters. The van der Waals surface area contributed by atoms with E-state index in [2.05, 4.69) is 55.4 Å². The van der Waals surface area contributed by atoms with Gasteiger partial charge in [-0.25, -0.2) is 4.98 Å². The van der Waals surface area contributed by atoms with Crippen LogP contribution in [0.25, 0.3) is 0 Å². The molecule has 2 aliphatic heterocycles. The number of piperidine rings is 2. The van der Waals surface area contributed by atoms with Gasteiger partial charge in [0.15, 0.2) is 0 Å². The molecule has 3 heterocycles. The zero-order chi connectivity index (χ0) is 19.9. The van der Waals surface area contributed by atoms with Crippen molar-refractivity contribution in [1.29, 1.82) is 0 Å². The van der Waals surface area contributed by atoms with Crippen LogP contribution >= 0.6 is 0 Å². The maximum absolute atomic E-state index is 9.90. The molecule has 2 N–H and O–H groups in total. The topological polar surface area (TPSA) is 64.5 Å². The second-order valence-corrected chi connectivity index (χ2v) is 8.38. The van der Waals surface area contributed by atoms with Crippen molar-refractivity contribution in [3.63, 3.8) is 0 Å². The van der Waals surface area contributed by atoms with Crippen LogP contribution in [-0.2, 0) is 6.42 Å². The summed E-state index contributed by atoms with van der Waals surface area (Å²) in [4.78, 5) is 13.8. The van der Waals surface area contributed by atoms with Gasteiger partial charge in [0.25, 0.3) is 0 Å². The first kappa shape index (κ1) is 20.1. The molecule has 0 saturated carbocycles. The van der Waals surface area contributed by atoms with Crippen LogP contribution < -0.4 is 10.2 Å². The van der Waals surface area contributed by atoms with E-state index in [-0.39, 0.29) is 6.10 Å². The highest BCUT2D eigenvalue weighted by molar-refractivity contribution is 5.43. The molecule has 0 bridgehead atoms. The number of rotatable bonds is 7. The van der Waals surface area contributed by atoms with Crippen LogP contribution in [-0.4, -0.2) is 65.3 Å². The third kappa shape index (κ3) is 5.90. The number of aliphatic hydroxyl groups excluding tert-OH is 1. The molecule has 2 saturated heterocycles. The van der Waals surface area contributed by atoms with Crippen molar-refractivity contribution in [3.05, 3.63) is 48.2 Å². The van der Waals surface area contributed by atoms with Crippen molar-refractivity contribution in [2.75, 3.05) is 49.5 Å². The fraction of sp³-hybridized carbons (Fsp3) is 0.565. The van der Waals surface area contributed by atoms with Gasteiger partial charge in [-0.05, 0) is 62.7 Å². The molecular formula is C23H33N5O. The SMILES string of the molecule is OC1CCCN(c2ccnc(NCC3CCN(CCc4ccccc4)CC3)n2)C1. The van der Waals surface area contributed by atoms with Crippen LogP contribution in [0.1, 0.15) is 31.2 Å². The third-order valence-corrected chi connectivity index (χ3v) is 6.18. The van der Waals surface area contributed by atoms with E-state index in [1.54, 1.807) is 0 Å². The zero-order valence-corrected chi connectivity index (χ0v) is 17.2. The van der Waals surface area contributed by atoms with Gasteiger partial charge in [0, 0.05) is 32.4 Å². The Morgan fingerprint density at radius 1 is 1.03 bits per heavy atom. The Balaban J connectivity index is 1.20. The maximum atomic E-state index is 9.90. The number of anilines is 2. The minimum absolute atomic E-state index is 0.248. The average Bonchev–Trinajstić information content (AvgIpc) is 2.78. The molecule has 0 radical (unpaired) electrons. The first-order valence-corrected chi connectivity index (χ1v) is 11.0. The second-order valence-electron chi connectivity index (χ2n) is 8.38. The Labute approximate surface area is 174 Å². The van der Waals surface area contributed by atoms with Gasteiger partial charge < -0.3 is 20.2 Å². The van der Waals surface area contributed by atoms with Gasteiger partial charge in [-0.15, -0.1) is 0 Å². The smallest absolute Gasteiger partial charge is 0.224 e. The number of aromatic nitrogens is 2. The molecule has 2 aromatic rings. The van der Waals surface area contributed by atoms with Gasteiger partial charge in [0.05, 0.1) is 6.10 Å². The fourth-order valence-electron chi connectivity index (χ4n) is 4.35. The normalized spacial score (nSPS) is 21.3. The summed E-state index contributed by atoms with van der Waals surface area (Å²) >= 11 is 0. The van der Waals surface area contributed by atoms with Gasteiger partial charge in [-0.2, -0.15) is 4.98 Å². The predicted octanol–water partition coefficient (Wildman–Crippen LogP) is 2.80. The molecule has 1 atom stereocenters. The summed E-state index contributed by atoms with van der Waals surface area (Å²) in [5.41, 5.74) is 1.43. The molecule has 156 valence electrons. The van der Waals surface area contributed by atoms with Gasteiger partial charge >= 0.3 is 0 Å². The summed E-state index contributed by atoms with van der Waals surface area (Å²) in [6, 6.07) is 12.7. The van der Waals surface area contributed by atoms with E-state index < -0.39 is 0 Å². The van der Waals surface area contributed by atoms with Crippen molar-refractivity contribution in [2.24, 2.45) is 5.92 Å². The Bertz CT molecular complexity index is 748. The first-order chi connectivity index (χ1) is 14.3. The molecule has 1 aromatic heterocycles. The van der Waals surface area contributed by atoms with Crippen LogP contribution in [0, 0.1) is 5.92 Å². The Morgan fingerprint density at radius 3 is 2.66 bits per heavy atom. The largest absolute Gasteiger partial charge is 0.391 e. The number of hydrogen-bond acceptors (Lipinski definition) is 6. The summed E-state index contributed by atoms with van der Waals surface area (Å²) in [7, 11) is 0. The highest BCUT2D eigenvalue weighted by Gasteiger charge is 2.21. The van der Waals surface area contributed by atoms with Gasteiger partial charge in [0.1, 0.15) is 5.82 Å². The van der Waals surface area contributed by atoms with Crippen molar-refractivity contribution in [2.45, 2.75) is 38.2 Å². The summed E-state index contributed by atoms with van der Waals surface area (Å²) in [6.07, 6.45) is 7.04. The highest BCUT2D eigenvalue weighted by atomic mass is 16.3. The second kappa shape index (κ2) is 10.0. The lowest BCUT2D eigenvalue weighted by Crippen LogP contribution is -2.39. The van der Waals surface area contributed by atoms with Crippen molar-refractivity contribution >= 4 is 11.8 Å². The van der Waals surface area contributed by atoms with Crippen LogP contribution in [0.5, 0.6) is 0 Å². The lowest BCUT2D eigenvalue weighted by Gasteiger charge is -2.32. The Morgan fingerprint density at radius 2 is 1.86 bits per heavy atom. The van der Waals surface area contributed by atoms with Crippen LogP contribution in [0.3, 0.4) is 0 Å². The average molecular weight is 396 g/mol. The molecule has 1 aromatic carbocycles. The van der Waals surface area contributed by atoms with E-state index in [0.29, 0.717) is 18.4 Å². The standard InChI is InChI=1S/C23H33N5O/c29-21-7-4-13-28(18-21)22-8-12-24-23(26-22)25-17-20-10-15-27(16-11-20)14-9-19-5-2-1-3-6-19/h1-3,5-6,8,12,20-21,29H,4,7,9-11,13-18H2,(H,24,25,26). The van der Waals surface area contributed by atoms with Crippen LogP contribution in [0.15, 0.2) is 42.6 Å². The molecule has 6 nitrogen and oxygen atoms in total. The molecule has 0 spiro atoms. The van der Waals surface area contributed by atoms with Gasteiger partial charge in [-0.1, -0.05) is 30.3 Å². The molecule has 6 heteroatoms. The number of β-amino-alcohol motifs (C(OH)–C–C–N with tert-alkyl or cyclic N) is 1. The fourth-order valence-corrected chi connectivity index (χ4v) is 4.35. The van der Waals surface area contributed by atoms with Gasteiger partial charge in [-0.3, -0.25) is 0 Å². The third-order valence-electron chi connectivity index (χ3n) is 6.18. The molecular weight excluding hydrogens is 362 g/mol. The first-order valence-electron chi connectivity index (χ1n) is 11.0. The molecule has 0 aliphatic carbocycles. The Hall–Kier alpha value is -2.18. The van der Waals surface area contributed by atoms with E-state index >= 15 is 0 Å². The van der Waals surface area contributed by atoms with E-state index in [9.17, 15) is 5.11 Å². The van der Waals surface area contributed by atoms with Crippen LogP contribution in [0.4, 0.5) is 11.8 Å². The Kier molecular flexibility index (Phi) is 6.96. The zero-order valence-electron chi connectivity index (χ0n) is 17.2. The quantitative estimate of drug-likeness (QED) is 0.752.